The lowest BCUT2D eigenvalue weighted by Gasteiger charge is -2.14. The number of hydrogen-bond donors (Lipinski definition) is 0. The smallest absolute Gasteiger partial charge is 0.194 e. The molecule has 2 nitrogen and oxygen atoms in total. The minimum Gasteiger partial charge on any atom is -0.290 e. The maximum absolute atomic E-state index is 4.78. The van der Waals surface area contributed by atoms with Crippen LogP contribution < -0.4 is 0 Å². The van der Waals surface area contributed by atoms with Gasteiger partial charge in [-0.05, 0) is 13.0 Å². The number of hydrogen-bond acceptors (Lipinski definition) is 3. The zero-order valence-electron chi connectivity index (χ0n) is 9.30. The first-order valence-electron chi connectivity index (χ1n) is 5.52. The highest BCUT2D eigenvalue weighted by atomic mass is 32.2. The Balaban J connectivity index is 2.11. The topological polar surface area (TPSA) is 17.3 Å². The van der Waals surface area contributed by atoms with E-state index in [1.54, 1.807) is 11.3 Å². The molecule has 1 aliphatic rings. The van der Waals surface area contributed by atoms with Crippen molar-refractivity contribution in [3.63, 3.8) is 0 Å². The average molecular weight is 258 g/mol. The number of rotatable bonds is 0. The largest absolute Gasteiger partial charge is 0.290 e. The summed E-state index contributed by atoms with van der Waals surface area (Å²) in [4.78, 5) is 7.25. The molecule has 3 aromatic rings. The van der Waals surface area contributed by atoms with Gasteiger partial charge in [0.05, 0.1) is 11.4 Å². The maximum Gasteiger partial charge on any atom is 0.194 e. The minimum atomic E-state index is 1.02. The number of thioether (sulfide) groups is 1. The minimum absolute atomic E-state index is 1.02. The van der Waals surface area contributed by atoms with E-state index < -0.39 is 0 Å². The molecule has 0 N–H and O–H groups in total. The van der Waals surface area contributed by atoms with Crippen LogP contribution in [0.1, 0.15) is 11.4 Å². The molecule has 4 heteroatoms. The summed E-state index contributed by atoms with van der Waals surface area (Å²) in [5.74, 6) is 1.02. The Morgan fingerprint density at radius 1 is 1.29 bits per heavy atom. The van der Waals surface area contributed by atoms with E-state index in [1.807, 2.05) is 11.8 Å². The molecule has 1 aliphatic heterocycles. The third-order valence-electron chi connectivity index (χ3n) is 3.14. The molecule has 2 aromatic heterocycles. The first-order valence-corrected chi connectivity index (χ1v) is 7.39. The molecule has 0 bridgehead atoms. The van der Waals surface area contributed by atoms with Gasteiger partial charge in [0.2, 0.25) is 0 Å². The number of aryl methyl sites for hydroxylation is 1. The Hall–Kier alpha value is -1.26. The van der Waals surface area contributed by atoms with E-state index >= 15 is 0 Å². The van der Waals surface area contributed by atoms with Gasteiger partial charge in [-0.15, -0.1) is 23.1 Å². The molecular formula is C13H10N2S2. The average Bonchev–Trinajstić information content (AvgIpc) is 2.90. The van der Waals surface area contributed by atoms with E-state index in [-0.39, 0.29) is 0 Å². The molecule has 0 atom stereocenters. The van der Waals surface area contributed by atoms with Gasteiger partial charge >= 0.3 is 0 Å². The van der Waals surface area contributed by atoms with Crippen LogP contribution in [-0.4, -0.2) is 9.38 Å². The lowest BCUT2D eigenvalue weighted by Crippen LogP contribution is -1.98. The second-order valence-corrected chi connectivity index (χ2v) is 6.04. The maximum atomic E-state index is 4.78. The van der Waals surface area contributed by atoms with Crippen molar-refractivity contribution < 1.29 is 0 Å². The predicted molar refractivity (Wildman–Crippen MR) is 72.8 cm³/mol. The molecule has 0 saturated heterocycles. The lowest BCUT2D eigenvalue weighted by molar-refractivity contribution is 1.05. The first kappa shape index (κ1) is 9.74. The SMILES string of the molecule is Cc1csc2nc3c(n12)CSc1ccccc1-3. The monoisotopic (exact) mass is 258 g/mol. The van der Waals surface area contributed by atoms with Crippen LogP contribution in [0.25, 0.3) is 16.2 Å². The predicted octanol–water partition coefficient (Wildman–Crippen LogP) is 3.98. The zero-order valence-corrected chi connectivity index (χ0v) is 10.9. The van der Waals surface area contributed by atoms with Crippen molar-refractivity contribution in [3.8, 4) is 11.3 Å². The fourth-order valence-corrected chi connectivity index (χ4v) is 4.29. The molecule has 4 rings (SSSR count). The molecule has 0 unspecified atom stereocenters. The van der Waals surface area contributed by atoms with Crippen LogP contribution in [-0.2, 0) is 5.75 Å². The normalized spacial score (nSPS) is 13.7. The molecule has 0 radical (unpaired) electrons. The molecule has 1 aromatic carbocycles. The van der Waals surface area contributed by atoms with Crippen LogP contribution in [0.4, 0.5) is 0 Å². The summed E-state index contributed by atoms with van der Waals surface area (Å²) in [6, 6.07) is 8.55. The van der Waals surface area contributed by atoms with Crippen LogP contribution in [0.3, 0.4) is 0 Å². The summed E-state index contributed by atoms with van der Waals surface area (Å²) < 4.78 is 2.29. The quantitative estimate of drug-likeness (QED) is 0.607. The van der Waals surface area contributed by atoms with Crippen molar-refractivity contribution in [3.05, 3.63) is 41.0 Å². The van der Waals surface area contributed by atoms with Crippen LogP contribution in [0.15, 0.2) is 34.5 Å². The Morgan fingerprint density at radius 2 is 2.18 bits per heavy atom. The van der Waals surface area contributed by atoms with Crippen molar-refractivity contribution in [1.82, 2.24) is 9.38 Å². The standard InChI is InChI=1S/C13H10N2S2/c1-8-6-17-13-14-12-9-4-2-3-5-11(9)16-7-10(12)15(8)13/h2-6H,7H2,1H3. The molecule has 17 heavy (non-hydrogen) atoms. The van der Waals surface area contributed by atoms with Gasteiger partial charge in [-0.2, -0.15) is 0 Å². The van der Waals surface area contributed by atoms with Gasteiger partial charge in [0, 0.05) is 27.3 Å². The number of benzene rings is 1. The zero-order chi connectivity index (χ0) is 11.4. The Labute approximate surface area is 107 Å². The van der Waals surface area contributed by atoms with Crippen LogP contribution in [0.5, 0.6) is 0 Å². The van der Waals surface area contributed by atoms with Gasteiger partial charge in [0.25, 0.3) is 0 Å². The molecule has 3 heterocycles. The van der Waals surface area contributed by atoms with Crippen molar-refractivity contribution in [2.45, 2.75) is 17.6 Å². The summed E-state index contributed by atoms with van der Waals surface area (Å²) in [6.07, 6.45) is 0. The van der Waals surface area contributed by atoms with Gasteiger partial charge in [-0.1, -0.05) is 18.2 Å². The number of thiazole rings is 1. The molecule has 0 aliphatic carbocycles. The second kappa shape index (κ2) is 3.37. The third kappa shape index (κ3) is 1.25. The summed E-state index contributed by atoms with van der Waals surface area (Å²) in [5.41, 5.74) is 5.10. The molecule has 0 saturated carbocycles. The van der Waals surface area contributed by atoms with Gasteiger partial charge in [-0.25, -0.2) is 4.98 Å². The van der Waals surface area contributed by atoms with Crippen molar-refractivity contribution in [2.75, 3.05) is 0 Å². The summed E-state index contributed by atoms with van der Waals surface area (Å²) >= 11 is 3.63. The molecule has 0 fully saturated rings. The number of imidazole rings is 1. The summed E-state index contributed by atoms with van der Waals surface area (Å²) in [6.45, 7) is 2.15. The number of fused-ring (bicyclic) bond motifs is 5. The van der Waals surface area contributed by atoms with E-state index in [9.17, 15) is 0 Å². The van der Waals surface area contributed by atoms with E-state index in [2.05, 4.69) is 41.0 Å². The molecular weight excluding hydrogens is 248 g/mol. The van der Waals surface area contributed by atoms with Gasteiger partial charge < -0.3 is 0 Å². The summed E-state index contributed by atoms with van der Waals surface area (Å²) in [7, 11) is 0. The Bertz CT molecular complexity index is 724. The summed E-state index contributed by atoms with van der Waals surface area (Å²) in [5, 5.41) is 2.17. The fourth-order valence-electron chi connectivity index (χ4n) is 2.35. The van der Waals surface area contributed by atoms with Crippen LogP contribution in [0, 0.1) is 6.92 Å². The van der Waals surface area contributed by atoms with Gasteiger partial charge in [0.1, 0.15) is 0 Å². The fraction of sp³-hybridized carbons (Fsp3) is 0.154. The van der Waals surface area contributed by atoms with Crippen molar-refractivity contribution >= 4 is 28.1 Å². The lowest BCUT2D eigenvalue weighted by atomic mass is 10.1. The van der Waals surface area contributed by atoms with Crippen LogP contribution >= 0.6 is 23.1 Å². The number of aromatic nitrogens is 2. The van der Waals surface area contributed by atoms with Crippen molar-refractivity contribution in [1.29, 1.82) is 0 Å². The van der Waals surface area contributed by atoms with E-state index in [0.29, 0.717) is 0 Å². The Kier molecular flexibility index (Phi) is 1.93. The highest BCUT2D eigenvalue weighted by Crippen LogP contribution is 2.42. The van der Waals surface area contributed by atoms with Gasteiger partial charge in [-0.3, -0.25) is 4.40 Å². The molecule has 0 spiro atoms. The second-order valence-electron chi connectivity index (χ2n) is 4.19. The van der Waals surface area contributed by atoms with Crippen LogP contribution in [0.2, 0.25) is 0 Å². The van der Waals surface area contributed by atoms with E-state index in [0.717, 1.165) is 10.7 Å². The molecule has 84 valence electrons. The Morgan fingerprint density at radius 3 is 3.12 bits per heavy atom. The highest BCUT2D eigenvalue weighted by Gasteiger charge is 2.22. The first-order chi connectivity index (χ1) is 8.34. The van der Waals surface area contributed by atoms with Gasteiger partial charge in [0.15, 0.2) is 4.96 Å². The molecule has 0 amide bonds. The van der Waals surface area contributed by atoms with E-state index in [1.165, 1.54) is 27.5 Å². The third-order valence-corrected chi connectivity index (χ3v) is 5.16. The van der Waals surface area contributed by atoms with E-state index in [4.69, 9.17) is 4.98 Å². The highest BCUT2D eigenvalue weighted by molar-refractivity contribution is 7.98. The number of nitrogens with zero attached hydrogens (tertiary/aromatic N) is 2. The van der Waals surface area contributed by atoms with Crippen molar-refractivity contribution in [2.24, 2.45) is 0 Å².